The Hall–Kier alpha value is -5.27. The molecule has 14 heteroatoms. The van der Waals surface area contributed by atoms with E-state index >= 15 is 0 Å². The van der Waals surface area contributed by atoms with Gasteiger partial charge in [-0.15, -0.1) is 0 Å². The summed E-state index contributed by atoms with van der Waals surface area (Å²) in [4.78, 5) is 31.9. The number of hydrogen-bond donors (Lipinski definition) is 1. The monoisotopic (exact) mass is 803 g/mol. The van der Waals surface area contributed by atoms with E-state index < -0.39 is 24.2 Å². The largest absolute Gasteiger partial charge is 0.870 e. The number of esters is 1. The zero-order valence-corrected chi connectivity index (χ0v) is 32.4. The molecule has 0 spiro atoms. The third-order valence-electron chi connectivity index (χ3n) is 10.1. The highest BCUT2D eigenvalue weighted by molar-refractivity contribution is 6.35. The van der Waals surface area contributed by atoms with E-state index in [1.54, 1.807) is 43.8 Å². The minimum atomic E-state index is -0.801. The molecule has 56 heavy (non-hydrogen) atoms. The lowest BCUT2D eigenvalue weighted by atomic mass is 9.86. The lowest BCUT2D eigenvalue weighted by Crippen LogP contribution is -2.52. The van der Waals surface area contributed by atoms with Crippen molar-refractivity contribution in [3.63, 3.8) is 0 Å². The van der Waals surface area contributed by atoms with Gasteiger partial charge in [-0.3, -0.25) is 4.90 Å². The maximum absolute atomic E-state index is 13.5. The van der Waals surface area contributed by atoms with Crippen molar-refractivity contribution < 1.29 is 48.2 Å². The summed E-state index contributed by atoms with van der Waals surface area (Å²) in [5, 5.41) is 3.89. The quantitative estimate of drug-likeness (QED) is 0.110. The van der Waals surface area contributed by atoms with Gasteiger partial charge in [-0.25, -0.2) is 14.6 Å². The number of hydrogen-bond acceptors (Lipinski definition) is 10. The molecule has 3 atom stereocenters. The lowest BCUT2D eigenvalue weighted by Gasteiger charge is -2.43. The van der Waals surface area contributed by atoms with Gasteiger partial charge in [0, 0.05) is 18.5 Å². The number of amides is 1. The Balaban J connectivity index is 0.00000532. The predicted molar refractivity (Wildman–Crippen MR) is 207 cm³/mol. The van der Waals surface area contributed by atoms with Crippen LogP contribution >= 0.6 is 23.2 Å². The second kappa shape index (κ2) is 18.6. The number of piperidine rings is 3. The van der Waals surface area contributed by atoms with E-state index in [9.17, 15) is 9.59 Å². The van der Waals surface area contributed by atoms with Crippen LogP contribution in [0.5, 0.6) is 17.2 Å². The number of benzene rings is 3. The van der Waals surface area contributed by atoms with Gasteiger partial charge in [-0.1, -0.05) is 71.7 Å². The van der Waals surface area contributed by atoms with Crippen LogP contribution in [0.4, 0.5) is 4.79 Å². The van der Waals surface area contributed by atoms with E-state index in [1.165, 1.54) is 13.2 Å². The first kappa shape index (κ1) is 40.4. The Morgan fingerprint density at radius 1 is 0.875 bits per heavy atom. The smallest absolute Gasteiger partial charge is 0.408 e. The number of ether oxygens (including phenoxy) is 5. The molecular formula is C42H43Cl2N3O9. The Morgan fingerprint density at radius 2 is 1.55 bits per heavy atom. The van der Waals surface area contributed by atoms with Gasteiger partial charge in [0.15, 0.2) is 23.9 Å². The van der Waals surface area contributed by atoms with Gasteiger partial charge >= 0.3 is 12.1 Å². The molecule has 3 aliphatic heterocycles. The van der Waals surface area contributed by atoms with Crippen LogP contribution < -0.4 is 24.5 Å². The fourth-order valence-electron chi connectivity index (χ4n) is 7.14. The van der Waals surface area contributed by atoms with Gasteiger partial charge in [-0.2, -0.15) is 0 Å². The van der Waals surface area contributed by atoms with E-state index in [2.05, 4.69) is 15.2 Å². The van der Waals surface area contributed by atoms with Crippen LogP contribution in [0.1, 0.15) is 63.6 Å². The van der Waals surface area contributed by atoms with Crippen molar-refractivity contribution in [2.24, 2.45) is 5.92 Å². The molecule has 0 saturated carbocycles. The van der Waals surface area contributed by atoms with E-state index in [1.807, 2.05) is 54.6 Å². The highest BCUT2D eigenvalue weighted by Crippen LogP contribution is 2.36. The van der Waals surface area contributed by atoms with E-state index in [4.69, 9.17) is 51.3 Å². The van der Waals surface area contributed by atoms with E-state index in [-0.39, 0.29) is 30.4 Å². The Kier molecular flexibility index (Phi) is 13.4. The van der Waals surface area contributed by atoms with Gasteiger partial charge in [0.2, 0.25) is 5.76 Å². The van der Waals surface area contributed by atoms with E-state index in [0.29, 0.717) is 50.1 Å². The number of alkyl carbamates (subject to hydrolysis) is 1. The summed E-state index contributed by atoms with van der Waals surface area (Å²) < 4.78 is 34.7. The molecule has 2 aromatic heterocycles. The summed E-state index contributed by atoms with van der Waals surface area (Å²) in [6.45, 7) is 2.99. The topological polar surface area (TPSA) is 153 Å². The minimum absolute atomic E-state index is 0. The maximum Gasteiger partial charge on any atom is 0.408 e. The molecule has 3 aromatic carbocycles. The number of nitrogens with zero attached hydrogens (tertiary/aromatic N) is 1. The van der Waals surface area contributed by atoms with Gasteiger partial charge in [0.1, 0.15) is 40.4 Å². The third kappa shape index (κ3) is 9.57. The van der Waals surface area contributed by atoms with Crippen molar-refractivity contribution in [3.05, 3.63) is 141 Å². The number of furan rings is 1. The molecule has 8 rings (SSSR count). The number of H-pyrrole nitrogens is 1. The molecule has 12 nitrogen and oxygen atoms in total. The minimum Gasteiger partial charge on any atom is -0.870 e. The molecule has 3 saturated heterocycles. The molecule has 0 unspecified atom stereocenters. The predicted octanol–water partition coefficient (Wildman–Crippen LogP) is 7.87. The van der Waals surface area contributed by atoms with Crippen molar-refractivity contribution in [1.29, 1.82) is 0 Å². The van der Waals surface area contributed by atoms with Crippen LogP contribution in [0.15, 0.2) is 102 Å². The number of aromatic amines is 1. The Bertz CT molecular complexity index is 2070. The van der Waals surface area contributed by atoms with Crippen LogP contribution in [0.2, 0.25) is 10.0 Å². The normalized spacial score (nSPS) is 18.2. The second-order valence-corrected chi connectivity index (χ2v) is 14.4. The number of carbonyl (C=O) groups is 2. The molecule has 3 fully saturated rings. The van der Waals surface area contributed by atoms with Gasteiger partial charge in [-0.05, 0) is 84.9 Å². The number of rotatable bonds is 14. The summed E-state index contributed by atoms with van der Waals surface area (Å²) in [7, 11) is 3.07. The first-order valence-corrected chi connectivity index (χ1v) is 18.9. The van der Waals surface area contributed by atoms with Crippen molar-refractivity contribution in [3.8, 4) is 17.2 Å². The molecule has 3 aliphatic rings. The molecule has 1 amide bonds. The number of nitrogens with one attached hydrogen (secondary N) is 2. The molecule has 3 N–H and O–H groups in total. The number of aromatic nitrogens is 1. The Morgan fingerprint density at radius 3 is 2.21 bits per heavy atom. The molecule has 294 valence electrons. The standard InChI is InChI=1S/C42H41Cl2N3O8.H2O/c1-50-35-14-10-29(20-38(35)51-2)37(21-32-33(43)22-45-23-34(32)44)54-41(48)36-15-13-31(53-36)25-52-30-11-8-28(9-12-30)40(27-6-4-3-5-7-27)46-42(49)55-39-24-47-18-16-26(39)17-19-47;/h3-15,20,22-23,26,37,39-40H,16-19,21,24-25H2,1-2H3,(H,46,49);1H2/t37-,39-,40+;/m0./s1. The maximum atomic E-state index is 13.5. The fraction of sp³-hybridized carbons (Fsp3) is 0.310. The van der Waals surface area contributed by atoms with Crippen molar-refractivity contribution >= 4 is 35.3 Å². The number of halogens is 2. The molecule has 0 radical (unpaired) electrons. The van der Waals surface area contributed by atoms with Crippen LogP contribution in [-0.2, 0) is 22.5 Å². The van der Waals surface area contributed by atoms with Crippen molar-refractivity contribution in [2.75, 3.05) is 33.9 Å². The number of methoxy groups -OCH3 is 2. The fourth-order valence-corrected chi connectivity index (χ4v) is 7.67. The SMILES string of the molecule is COc1ccc([C@H](Cc2c(Cl)c[nH+]cc2Cl)OC(=O)c2ccc(COc3ccc([C@H](NC(=O)O[C@H]4CN5CCC4CC5)c4ccccc4)cc3)o2)cc1OC.[OH-]. The summed E-state index contributed by atoms with van der Waals surface area (Å²) >= 11 is 12.9. The van der Waals surface area contributed by atoms with Crippen LogP contribution in [-0.4, -0.2) is 62.4 Å². The number of fused-ring (bicyclic) bond motifs is 3. The van der Waals surface area contributed by atoms with Crippen LogP contribution in [0.3, 0.4) is 0 Å². The lowest BCUT2D eigenvalue weighted by molar-refractivity contribution is -0.377. The first-order valence-electron chi connectivity index (χ1n) is 18.1. The first-order chi connectivity index (χ1) is 26.8. The summed E-state index contributed by atoms with van der Waals surface area (Å²) in [5.41, 5.74) is 3.04. The van der Waals surface area contributed by atoms with Gasteiger partial charge in [0.05, 0.1) is 20.3 Å². The second-order valence-electron chi connectivity index (χ2n) is 13.5. The number of pyridine rings is 1. The summed E-state index contributed by atoms with van der Waals surface area (Å²) in [5.74, 6) is 1.72. The molecule has 5 aromatic rings. The highest BCUT2D eigenvalue weighted by atomic mass is 35.5. The van der Waals surface area contributed by atoms with Crippen LogP contribution in [0.25, 0.3) is 0 Å². The number of carbonyl (C=O) groups excluding carboxylic acids is 2. The Labute approximate surface area is 334 Å². The molecule has 0 aliphatic carbocycles. The zero-order chi connectivity index (χ0) is 38.3. The third-order valence-corrected chi connectivity index (χ3v) is 10.8. The molecule has 5 heterocycles. The molecule has 2 bridgehead atoms. The molecular weight excluding hydrogens is 761 g/mol. The summed E-state index contributed by atoms with van der Waals surface area (Å²) in [6, 6.07) is 25.3. The van der Waals surface area contributed by atoms with E-state index in [0.717, 1.165) is 43.6 Å². The average molecular weight is 805 g/mol. The van der Waals surface area contributed by atoms with Gasteiger partial charge < -0.3 is 38.9 Å². The van der Waals surface area contributed by atoms with Crippen molar-refractivity contribution in [1.82, 2.24) is 10.2 Å². The average Bonchev–Trinajstić information content (AvgIpc) is 3.70. The summed E-state index contributed by atoms with van der Waals surface area (Å²) in [6.07, 6.45) is 4.20. The van der Waals surface area contributed by atoms with Crippen LogP contribution in [0, 0.1) is 5.92 Å². The van der Waals surface area contributed by atoms with Crippen molar-refractivity contribution in [2.45, 2.75) is 44.1 Å². The highest BCUT2D eigenvalue weighted by Gasteiger charge is 2.37. The van der Waals surface area contributed by atoms with Gasteiger partial charge in [0.25, 0.3) is 0 Å². The zero-order valence-electron chi connectivity index (χ0n) is 30.9.